The summed E-state index contributed by atoms with van der Waals surface area (Å²) in [5, 5.41) is 8.24. The summed E-state index contributed by atoms with van der Waals surface area (Å²) in [5.74, 6) is 2.49. The van der Waals surface area contributed by atoms with Gasteiger partial charge in [0, 0.05) is 24.3 Å². The number of hydrogen-bond acceptors (Lipinski definition) is 2. The van der Waals surface area contributed by atoms with E-state index in [2.05, 4.69) is 44.3 Å². The number of rotatable bonds is 5. The van der Waals surface area contributed by atoms with Crippen LogP contribution in [0.4, 0.5) is 0 Å². The van der Waals surface area contributed by atoms with Gasteiger partial charge in [-0.15, -0.1) is 0 Å². The number of aromatic nitrogens is 2. The summed E-state index contributed by atoms with van der Waals surface area (Å²) in [6.07, 6.45) is 7.33. The quantitative estimate of drug-likeness (QED) is 0.886. The van der Waals surface area contributed by atoms with Gasteiger partial charge in [0.15, 0.2) is 0 Å². The molecular formula is C17H31N3. The molecular weight excluding hydrogens is 246 g/mol. The Hall–Kier alpha value is -0.830. The fourth-order valence-electron chi connectivity index (χ4n) is 3.54. The van der Waals surface area contributed by atoms with Crippen LogP contribution in [0.25, 0.3) is 0 Å². The van der Waals surface area contributed by atoms with Crippen molar-refractivity contribution < 1.29 is 0 Å². The highest BCUT2D eigenvalue weighted by atomic mass is 15.3. The van der Waals surface area contributed by atoms with Crippen molar-refractivity contribution in [3.63, 3.8) is 0 Å². The molecule has 1 aliphatic carbocycles. The van der Waals surface area contributed by atoms with Crippen LogP contribution < -0.4 is 5.32 Å². The number of nitrogens with zero attached hydrogens (tertiary/aromatic N) is 2. The van der Waals surface area contributed by atoms with E-state index >= 15 is 0 Å². The van der Waals surface area contributed by atoms with E-state index < -0.39 is 0 Å². The second-order valence-electron chi connectivity index (χ2n) is 6.77. The van der Waals surface area contributed by atoms with Crippen LogP contribution in [0.2, 0.25) is 0 Å². The van der Waals surface area contributed by atoms with E-state index in [0.717, 1.165) is 24.3 Å². The van der Waals surface area contributed by atoms with Crippen molar-refractivity contribution in [1.29, 1.82) is 0 Å². The standard InChI is InChI=1S/C17H31N3/c1-6-9-18-17(16-11-19-20(5)14(16)4)15-8-7-12(2)13(3)10-15/h11-13,15,17-18H,6-10H2,1-5H3. The highest BCUT2D eigenvalue weighted by molar-refractivity contribution is 5.21. The van der Waals surface area contributed by atoms with E-state index in [1.807, 2.05) is 11.7 Å². The lowest BCUT2D eigenvalue weighted by Gasteiger charge is -2.37. The molecule has 0 bridgehead atoms. The molecule has 1 N–H and O–H groups in total. The summed E-state index contributed by atoms with van der Waals surface area (Å²) in [5.41, 5.74) is 2.72. The van der Waals surface area contributed by atoms with Gasteiger partial charge >= 0.3 is 0 Å². The van der Waals surface area contributed by atoms with Crippen molar-refractivity contribution in [3.05, 3.63) is 17.5 Å². The van der Waals surface area contributed by atoms with Crippen LogP contribution >= 0.6 is 0 Å². The molecule has 1 aromatic rings. The van der Waals surface area contributed by atoms with E-state index in [-0.39, 0.29) is 0 Å². The molecule has 0 spiro atoms. The van der Waals surface area contributed by atoms with Gasteiger partial charge in [-0.3, -0.25) is 4.68 Å². The molecule has 1 fully saturated rings. The SMILES string of the molecule is CCCNC(c1cnn(C)c1C)C1CCC(C)C(C)C1. The first-order chi connectivity index (χ1) is 9.54. The van der Waals surface area contributed by atoms with E-state index in [9.17, 15) is 0 Å². The van der Waals surface area contributed by atoms with Crippen molar-refractivity contribution >= 4 is 0 Å². The summed E-state index contributed by atoms with van der Waals surface area (Å²) in [6, 6.07) is 0.485. The van der Waals surface area contributed by atoms with Crippen molar-refractivity contribution in [2.75, 3.05) is 6.54 Å². The van der Waals surface area contributed by atoms with Gasteiger partial charge in [-0.25, -0.2) is 0 Å². The smallest absolute Gasteiger partial charge is 0.0540 e. The summed E-state index contributed by atoms with van der Waals surface area (Å²) >= 11 is 0. The lowest BCUT2D eigenvalue weighted by atomic mass is 9.72. The van der Waals surface area contributed by atoms with Gasteiger partial charge in [-0.05, 0) is 50.5 Å². The zero-order chi connectivity index (χ0) is 14.7. The van der Waals surface area contributed by atoms with Gasteiger partial charge in [0.25, 0.3) is 0 Å². The first-order valence-electron chi connectivity index (χ1n) is 8.26. The Balaban J connectivity index is 2.17. The average molecular weight is 277 g/mol. The summed E-state index contributed by atoms with van der Waals surface area (Å²) in [6.45, 7) is 10.4. The molecule has 0 aliphatic heterocycles. The molecule has 0 aromatic carbocycles. The van der Waals surface area contributed by atoms with Crippen LogP contribution in [0.3, 0.4) is 0 Å². The summed E-state index contributed by atoms with van der Waals surface area (Å²) in [7, 11) is 2.04. The molecule has 4 atom stereocenters. The van der Waals surface area contributed by atoms with Crippen LogP contribution in [-0.4, -0.2) is 16.3 Å². The predicted octanol–water partition coefficient (Wildman–Crippen LogP) is 3.84. The summed E-state index contributed by atoms with van der Waals surface area (Å²) < 4.78 is 2.00. The normalized spacial score (nSPS) is 28.6. The fraction of sp³-hybridized carbons (Fsp3) is 0.824. The minimum absolute atomic E-state index is 0.485. The third-order valence-electron chi connectivity index (χ3n) is 5.33. The molecule has 1 saturated carbocycles. The molecule has 0 saturated heterocycles. The first kappa shape index (κ1) is 15.6. The molecule has 0 amide bonds. The number of hydrogen-bond donors (Lipinski definition) is 1. The van der Waals surface area contributed by atoms with Crippen LogP contribution in [0.15, 0.2) is 6.20 Å². The second-order valence-corrected chi connectivity index (χ2v) is 6.77. The molecule has 1 aliphatic rings. The highest BCUT2D eigenvalue weighted by Gasteiger charge is 2.32. The molecule has 1 aromatic heterocycles. The van der Waals surface area contributed by atoms with Crippen molar-refractivity contribution in [1.82, 2.24) is 15.1 Å². The third kappa shape index (κ3) is 3.25. The number of aryl methyl sites for hydroxylation is 1. The van der Waals surface area contributed by atoms with Crippen LogP contribution in [-0.2, 0) is 7.05 Å². The van der Waals surface area contributed by atoms with Gasteiger partial charge in [0.1, 0.15) is 0 Å². The molecule has 4 unspecified atom stereocenters. The lowest BCUT2D eigenvalue weighted by molar-refractivity contribution is 0.171. The average Bonchev–Trinajstić information content (AvgIpc) is 2.75. The minimum Gasteiger partial charge on any atom is -0.310 e. The van der Waals surface area contributed by atoms with E-state index in [4.69, 9.17) is 0 Å². The van der Waals surface area contributed by atoms with E-state index in [1.54, 1.807) is 0 Å². The Morgan fingerprint density at radius 1 is 1.35 bits per heavy atom. The van der Waals surface area contributed by atoms with Gasteiger partial charge in [-0.2, -0.15) is 5.10 Å². The largest absolute Gasteiger partial charge is 0.310 e. The summed E-state index contributed by atoms with van der Waals surface area (Å²) in [4.78, 5) is 0. The van der Waals surface area contributed by atoms with Crippen LogP contribution in [0.1, 0.15) is 63.8 Å². The van der Waals surface area contributed by atoms with Gasteiger partial charge in [0.05, 0.1) is 6.20 Å². The van der Waals surface area contributed by atoms with Gasteiger partial charge in [-0.1, -0.05) is 27.2 Å². The minimum atomic E-state index is 0.485. The second kappa shape index (κ2) is 6.75. The Bertz CT molecular complexity index is 424. The third-order valence-corrected chi connectivity index (χ3v) is 5.33. The van der Waals surface area contributed by atoms with E-state index in [0.29, 0.717) is 6.04 Å². The molecule has 3 nitrogen and oxygen atoms in total. The van der Waals surface area contributed by atoms with Gasteiger partial charge in [0.2, 0.25) is 0 Å². The molecule has 0 radical (unpaired) electrons. The predicted molar refractivity (Wildman–Crippen MR) is 84.6 cm³/mol. The molecule has 3 heteroatoms. The Morgan fingerprint density at radius 3 is 2.65 bits per heavy atom. The maximum Gasteiger partial charge on any atom is 0.0540 e. The Morgan fingerprint density at radius 2 is 2.10 bits per heavy atom. The first-order valence-corrected chi connectivity index (χ1v) is 8.26. The highest BCUT2D eigenvalue weighted by Crippen LogP contribution is 2.40. The van der Waals surface area contributed by atoms with Crippen molar-refractivity contribution in [3.8, 4) is 0 Å². The zero-order valence-corrected chi connectivity index (χ0v) is 13.8. The zero-order valence-electron chi connectivity index (χ0n) is 13.8. The van der Waals surface area contributed by atoms with Crippen molar-refractivity contribution in [2.45, 2.75) is 59.4 Å². The molecule has 1 heterocycles. The van der Waals surface area contributed by atoms with Crippen LogP contribution in [0.5, 0.6) is 0 Å². The topological polar surface area (TPSA) is 29.9 Å². The Labute approximate surface area is 124 Å². The monoisotopic (exact) mass is 277 g/mol. The molecule has 20 heavy (non-hydrogen) atoms. The molecule has 2 rings (SSSR count). The van der Waals surface area contributed by atoms with E-state index in [1.165, 1.54) is 36.9 Å². The van der Waals surface area contributed by atoms with Crippen molar-refractivity contribution in [2.24, 2.45) is 24.8 Å². The maximum atomic E-state index is 4.45. The Kier molecular flexibility index (Phi) is 5.25. The van der Waals surface area contributed by atoms with Crippen LogP contribution in [0, 0.1) is 24.7 Å². The number of nitrogens with one attached hydrogen (secondary N) is 1. The maximum absolute atomic E-state index is 4.45. The fourth-order valence-corrected chi connectivity index (χ4v) is 3.54. The molecule has 114 valence electrons. The lowest BCUT2D eigenvalue weighted by Crippen LogP contribution is -2.34. The van der Waals surface area contributed by atoms with Gasteiger partial charge < -0.3 is 5.32 Å².